The standard InChI is InChI=1S/C32H37N3O4.C2HF3O2/c1-22(2)34-27-18-17-23(12-6-5-11-19-33)20-26(27)31(38)35(30(32(34)39)25-15-9-4-10-16-25)28(21-29(36)37)24-13-7-3-8-14-24;3-2(4,5)1(6)7/h3-4,7-10,13-18,20,22,28,30H,5-6,11-12,19,21,33H2,1-2H3,(H,36,37);(H,6,7). The van der Waals surface area contributed by atoms with E-state index in [4.69, 9.17) is 15.6 Å². The number of alkyl halides is 3. The first kappa shape index (κ1) is 35.8. The van der Waals surface area contributed by atoms with E-state index in [0.29, 0.717) is 28.9 Å². The van der Waals surface area contributed by atoms with Crippen LogP contribution in [0, 0.1) is 0 Å². The van der Waals surface area contributed by atoms with Crippen LogP contribution < -0.4 is 10.6 Å². The number of carbonyl (C=O) groups is 4. The first-order chi connectivity index (χ1) is 21.8. The van der Waals surface area contributed by atoms with E-state index in [-0.39, 0.29) is 24.3 Å². The van der Waals surface area contributed by atoms with E-state index in [9.17, 15) is 32.7 Å². The normalized spacial score (nSPS) is 15.5. The predicted molar refractivity (Wildman–Crippen MR) is 166 cm³/mol. The lowest BCUT2D eigenvalue weighted by Crippen LogP contribution is -2.46. The molecule has 0 radical (unpaired) electrons. The number of fused-ring (bicyclic) bond motifs is 1. The van der Waals surface area contributed by atoms with Gasteiger partial charge in [0, 0.05) is 6.04 Å². The summed E-state index contributed by atoms with van der Waals surface area (Å²) in [5, 5.41) is 17.1. The van der Waals surface area contributed by atoms with Gasteiger partial charge in [0.2, 0.25) is 0 Å². The highest BCUT2D eigenvalue weighted by Gasteiger charge is 2.45. The van der Waals surface area contributed by atoms with Crippen molar-refractivity contribution in [3.05, 3.63) is 101 Å². The maximum Gasteiger partial charge on any atom is 0.490 e. The van der Waals surface area contributed by atoms with Crippen LogP contribution in [0.1, 0.15) is 78.7 Å². The Balaban J connectivity index is 0.000000738. The average molecular weight is 642 g/mol. The summed E-state index contributed by atoms with van der Waals surface area (Å²) in [7, 11) is 0. The Bertz CT molecular complexity index is 1500. The SMILES string of the molecule is CC(C)N1C(=O)C(c2ccccc2)N(C(CC(=O)O)c2ccccc2)C(=O)c2cc(CCCCCN)ccc21.O=C(O)C(F)(F)F. The maximum absolute atomic E-state index is 14.6. The fourth-order valence-electron chi connectivity index (χ4n) is 5.41. The topological polar surface area (TPSA) is 141 Å². The third kappa shape index (κ3) is 8.94. The van der Waals surface area contributed by atoms with Gasteiger partial charge in [-0.1, -0.05) is 73.2 Å². The molecule has 0 saturated heterocycles. The van der Waals surface area contributed by atoms with Crippen molar-refractivity contribution in [3.8, 4) is 0 Å². The fraction of sp³-hybridized carbons (Fsp3) is 0.353. The van der Waals surface area contributed by atoms with E-state index in [2.05, 4.69) is 0 Å². The monoisotopic (exact) mass is 641 g/mol. The van der Waals surface area contributed by atoms with Gasteiger partial charge in [-0.3, -0.25) is 14.4 Å². The molecule has 1 aliphatic heterocycles. The Morgan fingerprint density at radius 3 is 2.00 bits per heavy atom. The first-order valence-corrected chi connectivity index (χ1v) is 14.9. The number of rotatable bonds is 11. The van der Waals surface area contributed by atoms with Crippen molar-refractivity contribution in [3.63, 3.8) is 0 Å². The second kappa shape index (κ2) is 16.0. The van der Waals surface area contributed by atoms with Crippen molar-refractivity contribution in [2.24, 2.45) is 5.73 Å². The Morgan fingerprint density at radius 2 is 1.48 bits per heavy atom. The number of hydrogen-bond acceptors (Lipinski definition) is 5. The van der Waals surface area contributed by atoms with Crippen molar-refractivity contribution in [1.29, 1.82) is 0 Å². The van der Waals surface area contributed by atoms with Gasteiger partial charge in [0.1, 0.15) is 6.04 Å². The van der Waals surface area contributed by atoms with Crippen molar-refractivity contribution in [2.45, 2.75) is 70.3 Å². The third-order valence-corrected chi connectivity index (χ3v) is 7.47. The van der Waals surface area contributed by atoms with Crippen LogP contribution >= 0.6 is 0 Å². The predicted octanol–water partition coefficient (Wildman–Crippen LogP) is 6.15. The van der Waals surface area contributed by atoms with Gasteiger partial charge in [0.25, 0.3) is 11.8 Å². The molecule has 2 atom stereocenters. The zero-order valence-electron chi connectivity index (χ0n) is 25.6. The maximum atomic E-state index is 14.6. The van der Waals surface area contributed by atoms with Gasteiger partial charge >= 0.3 is 18.1 Å². The van der Waals surface area contributed by atoms with Gasteiger partial charge < -0.3 is 25.7 Å². The summed E-state index contributed by atoms with van der Waals surface area (Å²) in [5.41, 5.74) is 8.93. The molecule has 0 saturated carbocycles. The molecule has 1 aliphatic rings. The van der Waals surface area contributed by atoms with E-state index < -0.39 is 30.2 Å². The van der Waals surface area contributed by atoms with Crippen LogP contribution in [0.2, 0.25) is 0 Å². The minimum Gasteiger partial charge on any atom is -0.481 e. The zero-order chi connectivity index (χ0) is 34.0. The molecule has 1 heterocycles. The van der Waals surface area contributed by atoms with Crippen LogP contribution in [0.25, 0.3) is 0 Å². The minimum atomic E-state index is -5.08. The van der Waals surface area contributed by atoms with E-state index in [1.807, 2.05) is 92.7 Å². The number of carbonyl (C=O) groups excluding carboxylic acids is 2. The molecule has 2 amide bonds. The molecule has 46 heavy (non-hydrogen) atoms. The highest BCUT2D eigenvalue weighted by atomic mass is 19.4. The van der Waals surface area contributed by atoms with Crippen molar-refractivity contribution in [2.75, 3.05) is 11.4 Å². The van der Waals surface area contributed by atoms with E-state index in [1.165, 1.54) is 4.90 Å². The summed E-state index contributed by atoms with van der Waals surface area (Å²) in [6, 6.07) is 21.9. The van der Waals surface area contributed by atoms with Crippen molar-refractivity contribution < 1.29 is 42.6 Å². The number of aryl methyl sites for hydroxylation is 1. The molecule has 0 spiro atoms. The smallest absolute Gasteiger partial charge is 0.481 e. The molecule has 0 bridgehead atoms. The fourth-order valence-corrected chi connectivity index (χ4v) is 5.41. The summed E-state index contributed by atoms with van der Waals surface area (Å²) in [5.74, 6) is -4.41. The van der Waals surface area contributed by atoms with E-state index in [0.717, 1.165) is 31.2 Å². The number of carboxylic acids is 2. The van der Waals surface area contributed by atoms with Crippen LogP contribution in [-0.4, -0.2) is 57.6 Å². The summed E-state index contributed by atoms with van der Waals surface area (Å²) < 4.78 is 31.7. The zero-order valence-corrected chi connectivity index (χ0v) is 25.6. The molecule has 2 unspecified atom stereocenters. The Hall–Kier alpha value is -4.71. The van der Waals surface area contributed by atoms with Crippen molar-refractivity contribution in [1.82, 2.24) is 4.90 Å². The molecule has 0 fully saturated rings. The molecule has 4 rings (SSSR count). The average Bonchev–Trinajstić information content (AvgIpc) is 3.10. The number of unbranched alkanes of at least 4 members (excludes halogenated alkanes) is 2. The molecule has 12 heteroatoms. The number of carboxylic acid groups (broad SMARTS) is 2. The quantitative estimate of drug-likeness (QED) is 0.214. The molecular formula is C34H38F3N3O6. The second-order valence-electron chi connectivity index (χ2n) is 11.1. The molecule has 246 valence electrons. The Kier molecular flexibility index (Phi) is 12.5. The number of nitrogens with two attached hydrogens (primary N) is 1. The number of hydrogen-bond donors (Lipinski definition) is 3. The van der Waals surface area contributed by atoms with Crippen molar-refractivity contribution >= 4 is 29.4 Å². The Morgan fingerprint density at radius 1 is 0.891 bits per heavy atom. The number of anilines is 1. The van der Waals surface area contributed by atoms with Gasteiger partial charge in [-0.15, -0.1) is 0 Å². The van der Waals surface area contributed by atoms with Gasteiger partial charge in [0.15, 0.2) is 0 Å². The first-order valence-electron chi connectivity index (χ1n) is 14.9. The number of nitrogens with zero attached hydrogens (tertiary/aromatic N) is 2. The number of amides is 2. The Labute approximate surface area is 265 Å². The van der Waals surface area contributed by atoms with Gasteiger partial charge in [0.05, 0.1) is 23.7 Å². The van der Waals surface area contributed by atoms with Gasteiger partial charge in [-0.25, -0.2) is 4.79 Å². The lowest BCUT2D eigenvalue weighted by molar-refractivity contribution is -0.192. The number of halogens is 3. The van der Waals surface area contributed by atoms with Crippen LogP contribution in [-0.2, 0) is 20.8 Å². The highest BCUT2D eigenvalue weighted by Crippen LogP contribution is 2.42. The molecule has 0 aromatic heterocycles. The summed E-state index contributed by atoms with van der Waals surface area (Å²) in [6.45, 7) is 4.50. The second-order valence-corrected chi connectivity index (χ2v) is 11.1. The minimum absolute atomic E-state index is 0.222. The summed E-state index contributed by atoms with van der Waals surface area (Å²) in [6.07, 6.45) is -1.74. The van der Waals surface area contributed by atoms with E-state index >= 15 is 0 Å². The van der Waals surface area contributed by atoms with Crippen LogP contribution in [0.15, 0.2) is 78.9 Å². The van der Waals surface area contributed by atoms with Gasteiger partial charge in [-0.05, 0) is 68.5 Å². The highest BCUT2D eigenvalue weighted by molar-refractivity contribution is 6.11. The lowest BCUT2D eigenvalue weighted by Gasteiger charge is -2.37. The van der Waals surface area contributed by atoms with Crippen LogP contribution in [0.5, 0.6) is 0 Å². The van der Waals surface area contributed by atoms with Crippen LogP contribution in [0.4, 0.5) is 18.9 Å². The van der Waals surface area contributed by atoms with E-state index in [1.54, 1.807) is 4.90 Å². The third-order valence-electron chi connectivity index (χ3n) is 7.47. The largest absolute Gasteiger partial charge is 0.490 e. The molecule has 3 aromatic rings. The molecule has 0 aliphatic carbocycles. The molecule has 4 N–H and O–H groups in total. The van der Waals surface area contributed by atoms with Gasteiger partial charge in [-0.2, -0.15) is 13.2 Å². The number of benzene rings is 3. The molecular weight excluding hydrogens is 603 g/mol. The molecule has 9 nitrogen and oxygen atoms in total. The summed E-state index contributed by atoms with van der Waals surface area (Å²) in [4.78, 5) is 53.3. The van der Waals surface area contributed by atoms with Crippen LogP contribution in [0.3, 0.4) is 0 Å². The lowest BCUT2D eigenvalue weighted by atomic mass is 9.95. The number of aliphatic carboxylic acids is 2. The summed E-state index contributed by atoms with van der Waals surface area (Å²) >= 11 is 0. The molecule has 3 aromatic carbocycles.